The number of aliphatic imine (C=N–C) groups is 1. The molecule has 0 spiro atoms. The fourth-order valence-electron chi connectivity index (χ4n) is 2.26. The van der Waals surface area contributed by atoms with Crippen molar-refractivity contribution in [3.63, 3.8) is 0 Å². The predicted molar refractivity (Wildman–Crippen MR) is 95.4 cm³/mol. The number of halogens is 1. The number of hydrogen-bond donors (Lipinski definition) is 1. The van der Waals surface area contributed by atoms with E-state index in [0.717, 1.165) is 35.0 Å². The van der Waals surface area contributed by atoms with E-state index >= 15 is 0 Å². The third-order valence-electron chi connectivity index (χ3n) is 3.61. The molecule has 0 aliphatic carbocycles. The van der Waals surface area contributed by atoms with Crippen LogP contribution in [0.15, 0.2) is 26.1 Å². The van der Waals surface area contributed by atoms with Gasteiger partial charge in [-0.05, 0) is 42.8 Å². The van der Waals surface area contributed by atoms with E-state index in [2.05, 4.69) is 53.7 Å². The summed E-state index contributed by atoms with van der Waals surface area (Å²) in [6.45, 7) is 7.91. The van der Waals surface area contributed by atoms with E-state index in [1.165, 1.54) is 5.69 Å². The largest absolute Gasteiger partial charge is 0.444 e. The molecule has 0 radical (unpaired) electrons. The Morgan fingerprint density at radius 3 is 2.74 bits per heavy atom. The maximum absolute atomic E-state index is 5.59. The molecule has 2 heterocycles. The second-order valence-corrected chi connectivity index (χ2v) is 6.45. The van der Waals surface area contributed by atoms with Gasteiger partial charge in [-0.15, -0.1) is 0 Å². The average molecular weight is 382 g/mol. The second-order valence-electron chi connectivity index (χ2n) is 5.54. The highest BCUT2D eigenvalue weighted by atomic mass is 79.9. The van der Waals surface area contributed by atoms with Crippen LogP contribution in [0.1, 0.15) is 30.0 Å². The van der Waals surface area contributed by atoms with Crippen molar-refractivity contribution in [1.82, 2.24) is 19.8 Å². The van der Waals surface area contributed by atoms with E-state index in [4.69, 9.17) is 4.42 Å². The van der Waals surface area contributed by atoms with Crippen LogP contribution in [0, 0.1) is 13.8 Å². The number of guanidine groups is 1. The van der Waals surface area contributed by atoms with Gasteiger partial charge in [-0.1, -0.05) is 0 Å². The molecular formula is C16H24BrN5O. The number of oxazole rings is 1. The topological polar surface area (TPSA) is 58.6 Å². The zero-order valence-corrected chi connectivity index (χ0v) is 15.9. The van der Waals surface area contributed by atoms with Crippen LogP contribution in [-0.4, -0.2) is 34.0 Å². The van der Waals surface area contributed by atoms with E-state index in [9.17, 15) is 0 Å². The zero-order chi connectivity index (χ0) is 17.0. The Balaban J connectivity index is 2.09. The zero-order valence-electron chi connectivity index (χ0n) is 14.4. The third kappa shape index (κ3) is 4.60. The summed E-state index contributed by atoms with van der Waals surface area (Å²) in [5.41, 5.74) is 2.12. The second kappa shape index (κ2) is 7.68. The summed E-state index contributed by atoms with van der Waals surface area (Å²) in [6, 6.07) is 2.11. The lowest BCUT2D eigenvalue weighted by Gasteiger charge is -2.22. The van der Waals surface area contributed by atoms with E-state index < -0.39 is 0 Å². The molecule has 0 bridgehead atoms. The number of nitrogens with zero attached hydrogens (tertiary/aromatic N) is 4. The van der Waals surface area contributed by atoms with Crippen molar-refractivity contribution in [2.45, 2.75) is 33.9 Å². The van der Waals surface area contributed by atoms with Crippen LogP contribution in [0.4, 0.5) is 0 Å². The van der Waals surface area contributed by atoms with Crippen molar-refractivity contribution in [3.8, 4) is 0 Å². The summed E-state index contributed by atoms with van der Waals surface area (Å²) in [7, 11) is 4.06. The first-order valence-electron chi connectivity index (χ1n) is 7.63. The molecule has 23 heavy (non-hydrogen) atoms. The van der Waals surface area contributed by atoms with E-state index in [-0.39, 0.29) is 0 Å². The summed E-state index contributed by atoms with van der Waals surface area (Å²) in [5.74, 6) is 2.32. The van der Waals surface area contributed by atoms with Gasteiger partial charge in [0.1, 0.15) is 12.3 Å². The van der Waals surface area contributed by atoms with Crippen molar-refractivity contribution in [3.05, 3.63) is 39.8 Å². The molecule has 0 unspecified atom stereocenters. The lowest BCUT2D eigenvalue weighted by atomic mass is 10.4. The smallest absolute Gasteiger partial charge is 0.216 e. The van der Waals surface area contributed by atoms with E-state index in [0.29, 0.717) is 12.4 Å². The Kier molecular flexibility index (Phi) is 5.87. The highest BCUT2D eigenvalue weighted by Crippen LogP contribution is 2.15. The van der Waals surface area contributed by atoms with Crippen LogP contribution in [0.3, 0.4) is 0 Å². The van der Waals surface area contributed by atoms with Gasteiger partial charge in [0.2, 0.25) is 5.89 Å². The van der Waals surface area contributed by atoms with Crippen LogP contribution in [0.5, 0.6) is 0 Å². The fraction of sp³-hybridized carbons (Fsp3) is 0.500. The summed E-state index contributed by atoms with van der Waals surface area (Å²) < 4.78 is 8.77. The molecule has 2 rings (SSSR count). The maximum atomic E-state index is 5.59. The van der Waals surface area contributed by atoms with Gasteiger partial charge in [-0.3, -0.25) is 0 Å². The highest BCUT2D eigenvalue weighted by molar-refractivity contribution is 9.10. The Morgan fingerprint density at radius 1 is 1.48 bits per heavy atom. The normalized spacial score (nSPS) is 11.8. The van der Waals surface area contributed by atoms with Gasteiger partial charge in [0, 0.05) is 37.0 Å². The monoisotopic (exact) mass is 381 g/mol. The minimum Gasteiger partial charge on any atom is -0.444 e. The highest BCUT2D eigenvalue weighted by Gasteiger charge is 2.11. The van der Waals surface area contributed by atoms with Gasteiger partial charge < -0.3 is 19.2 Å². The molecule has 0 saturated carbocycles. The van der Waals surface area contributed by atoms with Crippen molar-refractivity contribution in [1.29, 1.82) is 0 Å². The molecule has 0 aliphatic rings. The molecule has 0 saturated heterocycles. The first-order chi connectivity index (χ1) is 10.9. The first kappa shape index (κ1) is 17.6. The average Bonchev–Trinajstić information content (AvgIpc) is 2.97. The number of nitrogens with one attached hydrogen (secondary N) is 1. The summed E-state index contributed by atoms with van der Waals surface area (Å²) in [4.78, 5) is 11.1. The van der Waals surface area contributed by atoms with E-state index in [1.807, 2.05) is 34.1 Å². The number of rotatable bonds is 5. The third-order valence-corrected chi connectivity index (χ3v) is 4.04. The Bertz CT molecular complexity index is 669. The molecule has 126 valence electrons. The van der Waals surface area contributed by atoms with E-state index in [1.54, 1.807) is 0 Å². The van der Waals surface area contributed by atoms with Crippen molar-refractivity contribution < 1.29 is 4.42 Å². The molecule has 2 aromatic heterocycles. The lowest BCUT2D eigenvalue weighted by molar-refractivity contribution is 0.450. The van der Waals surface area contributed by atoms with Crippen LogP contribution in [0.25, 0.3) is 0 Å². The van der Waals surface area contributed by atoms with Gasteiger partial charge in [-0.2, -0.15) is 0 Å². The molecule has 6 nitrogen and oxygen atoms in total. The maximum Gasteiger partial charge on any atom is 0.216 e. The van der Waals surface area contributed by atoms with Gasteiger partial charge in [0.15, 0.2) is 5.96 Å². The molecule has 0 aliphatic heterocycles. The minimum atomic E-state index is 0.429. The molecule has 0 atom stereocenters. The van der Waals surface area contributed by atoms with Crippen molar-refractivity contribution in [2.24, 2.45) is 12.0 Å². The van der Waals surface area contributed by atoms with Crippen LogP contribution < -0.4 is 5.32 Å². The van der Waals surface area contributed by atoms with Gasteiger partial charge in [0.05, 0.1) is 12.2 Å². The standard InChI is InChI=1S/C16H24BrN5O/c1-6-18-16(19-8-15-20-11(2)12(3)23-15)22(5)10-14-7-13(17)9-21(14)4/h7,9H,6,8,10H2,1-5H3,(H,18,19). The van der Waals surface area contributed by atoms with Crippen LogP contribution in [0.2, 0.25) is 0 Å². The molecular weight excluding hydrogens is 358 g/mol. The predicted octanol–water partition coefficient (Wildman–Crippen LogP) is 2.99. The first-order valence-corrected chi connectivity index (χ1v) is 8.43. The lowest BCUT2D eigenvalue weighted by Crippen LogP contribution is -2.38. The number of aryl methyl sites for hydroxylation is 3. The van der Waals surface area contributed by atoms with Gasteiger partial charge >= 0.3 is 0 Å². The Morgan fingerprint density at radius 2 is 2.22 bits per heavy atom. The van der Waals surface area contributed by atoms with Crippen molar-refractivity contribution >= 4 is 21.9 Å². The molecule has 1 N–H and O–H groups in total. The Hall–Kier alpha value is -1.76. The number of hydrogen-bond acceptors (Lipinski definition) is 3. The molecule has 7 heteroatoms. The molecule has 0 amide bonds. The van der Waals surface area contributed by atoms with Gasteiger partial charge in [-0.25, -0.2) is 9.98 Å². The Labute approximate surface area is 145 Å². The fourth-order valence-corrected chi connectivity index (χ4v) is 2.83. The quantitative estimate of drug-likeness (QED) is 0.638. The summed E-state index contributed by atoms with van der Waals surface area (Å²) >= 11 is 3.51. The summed E-state index contributed by atoms with van der Waals surface area (Å²) in [6.07, 6.45) is 2.05. The van der Waals surface area contributed by atoms with Gasteiger partial charge in [0.25, 0.3) is 0 Å². The van der Waals surface area contributed by atoms with Crippen LogP contribution in [-0.2, 0) is 20.1 Å². The SMILES string of the molecule is CCNC(=NCc1nc(C)c(C)o1)N(C)Cc1cc(Br)cn1C. The summed E-state index contributed by atoms with van der Waals surface area (Å²) in [5, 5.41) is 3.31. The van der Waals surface area contributed by atoms with Crippen LogP contribution >= 0.6 is 15.9 Å². The minimum absolute atomic E-state index is 0.429. The molecule has 2 aromatic rings. The molecule has 0 aromatic carbocycles. The number of aromatic nitrogens is 2. The van der Waals surface area contributed by atoms with Crippen molar-refractivity contribution in [2.75, 3.05) is 13.6 Å². The molecule has 0 fully saturated rings.